The number of rotatable bonds is 7. The van der Waals surface area contributed by atoms with E-state index >= 15 is 0 Å². The summed E-state index contributed by atoms with van der Waals surface area (Å²) in [4.78, 5) is 7.57. The molecule has 0 fully saturated rings. The molecule has 0 radical (unpaired) electrons. The third kappa shape index (κ3) is 3.80. The molecule has 0 aliphatic rings. The van der Waals surface area contributed by atoms with Crippen LogP contribution in [-0.2, 0) is 13.1 Å². The van der Waals surface area contributed by atoms with Gasteiger partial charge >= 0.3 is 0 Å². The van der Waals surface area contributed by atoms with Gasteiger partial charge in [0.15, 0.2) is 0 Å². The van der Waals surface area contributed by atoms with E-state index in [2.05, 4.69) is 55.3 Å². The minimum absolute atomic E-state index is 0.891. The number of nitrogens with zero attached hydrogens (tertiary/aromatic N) is 4. The van der Waals surface area contributed by atoms with Gasteiger partial charge in [0.1, 0.15) is 5.69 Å². The fraction of sp³-hybridized carbons (Fsp3) is 0.333. The molecular formula is C15H19N5S. The van der Waals surface area contributed by atoms with Crippen LogP contribution in [0.2, 0.25) is 0 Å². The highest BCUT2D eigenvalue weighted by Gasteiger charge is 2.07. The summed E-state index contributed by atoms with van der Waals surface area (Å²) < 4.78 is 2.11. The lowest BCUT2D eigenvalue weighted by atomic mass is 10.3. The Morgan fingerprint density at radius 2 is 2.38 bits per heavy atom. The molecule has 0 amide bonds. The van der Waals surface area contributed by atoms with Crippen molar-refractivity contribution in [1.29, 1.82) is 0 Å². The highest BCUT2D eigenvalue weighted by molar-refractivity contribution is 7.13. The van der Waals surface area contributed by atoms with E-state index in [1.807, 2.05) is 18.7 Å². The first-order valence-electron chi connectivity index (χ1n) is 7.04. The second-order valence-electron chi connectivity index (χ2n) is 5.15. The average molecular weight is 301 g/mol. The van der Waals surface area contributed by atoms with Crippen LogP contribution in [0.1, 0.15) is 12.1 Å². The van der Waals surface area contributed by atoms with Crippen LogP contribution in [0.3, 0.4) is 0 Å². The van der Waals surface area contributed by atoms with Gasteiger partial charge in [-0.25, -0.2) is 4.98 Å². The van der Waals surface area contributed by atoms with Crippen LogP contribution in [0.5, 0.6) is 0 Å². The molecule has 3 aromatic heterocycles. The average Bonchev–Trinajstić information content (AvgIpc) is 3.21. The van der Waals surface area contributed by atoms with Crippen molar-refractivity contribution in [3.05, 3.63) is 48.0 Å². The van der Waals surface area contributed by atoms with Crippen molar-refractivity contribution in [2.45, 2.75) is 19.5 Å². The van der Waals surface area contributed by atoms with E-state index in [-0.39, 0.29) is 0 Å². The summed E-state index contributed by atoms with van der Waals surface area (Å²) in [7, 11) is 2.14. The molecule has 0 spiro atoms. The number of hydrogen-bond acceptors (Lipinski definition) is 4. The first kappa shape index (κ1) is 14.0. The molecule has 6 heteroatoms. The molecule has 0 atom stereocenters. The molecule has 0 bridgehead atoms. The summed E-state index contributed by atoms with van der Waals surface area (Å²) in [6.07, 6.45) is 6.80. The Hall–Kier alpha value is -1.92. The Bertz CT molecular complexity index is 641. The quantitative estimate of drug-likeness (QED) is 0.730. The minimum atomic E-state index is 0.891. The lowest BCUT2D eigenvalue weighted by Crippen LogP contribution is -2.20. The third-order valence-electron chi connectivity index (χ3n) is 3.36. The number of hydrogen-bond donors (Lipinski definition) is 1. The van der Waals surface area contributed by atoms with E-state index in [1.54, 1.807) is 11.3 Å². The topological polar surface area (TPSA) is 49.7 Å². The zero-order valence-corrected chi connectivity index (χ0v) is 12.9. The van der Waals surface area contributed by atoms with Crippen molar-refractivity contribution in [2.75, 3.05) is 13.6 Å². The van der Waals surface area contributed by atoms with Gasteiger partial charge in [-0.1, -0.05) is 6.07 Å². The summed E-state index contributed by atoms with van der Waals surface area (Å²) in [5.41, 5.74) is 2.19. The molecule has 3 rings (SSSR count). The first-order valence-corrected chi connectivity index (χ1v) is 7.91. The minimum Gasteiger partial charge on any atom is -0.337 e. The van der Waals surface area contributed by atoms with Crippen molar-refractivity contribution in [3.8, 4) is 10.6 Å². The third-order valence-corrected chi connectivity index (χ3v) is 4.25. The molecule has 3 heterocycles. The maximum absolute atomic E-state index is 4.38. The van der Waals surface area contributed by atoms with Crippen LogP contribution in [0.25, 0.3) is 10.6 Å². The number of imidazole rings is 1. The smallest absolute Gasteiger partial charge is 0.102 e. The highest BCUT2D eigenvalue weighted by atomic mass is 32.1. The lowest BCUT2D eigenvalue weighted by Gasteiger charge is -2.15. The molecule has 1 N–H and O–H groups in total. The van der Waals surface area contributed by atoms with E-state index in [1.165, 1.54) is 4.88 Å². The van der Waals surface area contributed by atoms with Crippen molar-refractivity contribution in [3.63, 3.8) is 0 Å². The SMILES string of the molecule is CN(CCCn1ccnc1)Cc1cc(-c2cccs2)n[nH]1. The van der Waals surface area contributed by atoms with Gasteiger partial charge in [0.2, 0.25) is 0 Å². The van der Waals surface area contributed by atoms with Gasteiger partial charge < -0.3 is 9.47 Å². The highest BCUT2D eigenvalue weighted by Crippen LogP contribution is 2.23. The van der Waals surface area contributed by atoms with Gasteiger partial charge in [-0.2, -0.15) is 5.10 Å². The van der Waals surface area contributed by atoms with Gasteiger partial charge in [-0.15, -0.1) is 11.3 Å². The summed E-state index contributed by atoms with van der Waals surface area (Å²) in [6, 6.07) is 6.29. The monoisotopic (exact) mass is 301 g/mol. The predicted octanol–water partition coefficient (Wildman–Crippen LogP) is 2.86. The van der Waals surface area contributed by atoms with E-state index in [0.717, 1.165) is 37.4 Å². The Morgan fingerprint density at radius 3 is 3.14 bits per heavy atom. The number of nitrogens with one attached hydrogen (secondary N) is 1. The Morgan fingerprint density at radius 1 is 1.43 bits per heavy atom. The lowest BCUT2D eigenvalue weighted by molar-refractivity contribution is 0.310. The maximum atomic E-state index is 4.38. The molecular weight excluding hydrogens is 282 g/mol. The first-order chi connectivity index (χ1) is 10.3. The standard InChI is InChI=1S/C15H19N5S/c1-19(6-3-7-20-8-5-16-12-20)11-13-10-14(18-17-13)15-4-2-9-21-15/h2,4-5,8-10,12H,3,6-7,11H2,1H3,(H,17,18). The second-order valence-corrected chi connectivity index (χ2v) is 6.10. The van der Waals surface area contributed by atoms with Crippen LogP contribution < -0.4 is 0 Å². The number of aromatic nitrogens is 4. The van der Waals surface area contributed by atoms with Crippen molar-refractivity contribution >= 4 is 11.3 Å². The van der Waals surface area contributed by atoms with Crippen molar-refractivity contribution in [1.82, 2.24) is 24.6 Å². The molecule has 0 aliphatic carbocycles. The largest absolute Gasteiger partial charge is 0.337 e. The molecule has 110 valence electrons. The number of thiophene rings is 1. The van der Waals surface area contributed by atoms with Crippen LogP contribution in [0, 0.1) is 0 Å². The van der Waals surface area contributed by atoms with Gasteiger partial charge in [0.05, 0.1) is 11.2 Å². The molecule has 21 heavy (non-hydrogen) atoms. The summed E-state index contributed by atoms with van der Waals surface area (Å²) >= 11 is 1.72. The summed E-state index contributed by atoms with van der Waals surface area (Å²) in [5.74, 6) is 0. The molecule has 0 saturated heterocycles. The summed E-state index contributed by atoms with van der Waals surface area (Å²) in [5, 5.41) is 9.58. The van der Waals surface area contributed by atoms with E-state index in [4.69, 9.17) is 0 Å². The number of aromatic amines is 1. The molecule has 5 nitrogen and oxygen atoms in total. The van der Waals surface area contributed by atoms with Crippen molar-refractivity contribution in [2.24, 2.45) is 0 Å². The van der Waals surface area contributed by atoms with Crippen LogP contribution >= 0.6 is 11.3 Å². The number of H-pyrrole nitrogens is 1. The molecule has 0 aromatic carbocycles. The Kier molecular flexibility index (Phi) is 4.47. The predicted molar refractivity (Wildman–Crippen MR) is 85.1 cm³/mol. The molecule has 0 saturated carbocycles. The number of aryl methyl sites for hydroxylation is 1. The van der Waals surface area contributed by atoms with Crippen molar-refractivity contribution < 1.29 is 0 Å². The maximum Gasteiger partial charge on any atom is 0.102 e. The molecule has 3 aromatic rings. The van der Waals surface area contributed by atoms with Crippen LogP contribution in [-0.4, -0.2) is 38.2 Å². The van der Waals surface area contributed by atoms with Crippen LogP contribution in [0.4, 0.5) is 0 Å². The van der Waals surface area contributed by atoms with Gasteiger partial charge in [-0.3, -0.25) is 5.10 Å². The Labute approximate surface area is 128 Å². The second kappa shape index (κ2) is 6.69. The molecule has 0 unspecified atom stereocenters. The van der Waals surface area contributed by atoms with Gasteiger partial charge in [-0.05, 0) is 37.5 Å². The fourth-order valence-electron chi connectivity index (χ4n) is 2.31. The van der Waals surface area contributed by atoms with E-state index in [9.17, 15) is 0 Å². The van der Waals surface area contributed by atoms with E-state index in [0.29, 0.717) is 0 Å². The van der Waals surface area contributed by atoms with E-state index < -0.39 is 0 Å². The Balaban J connectivity index is 1.47. The zero-order valence-electron chi connectivity index (χ0n) is 12.1. The normalized spacial score (nSPS) is 11.3. The van der Waals surface area contributed by atoms with Gasteiger partial charge in [0, 0.05) is 31.2 Å². The van der Waals surface area contributed by atoms with Crippen LogP contribution in [0.15, 0.2) is 42.3 Å². The summed E-state index contributed by atoms with van der Waals surface area (Å²) in [6.45, 7) is 2.95. The fourth-order valence-corrected chi connectivity index (χ4v) is 2.99. The zero-order chi connectivity index (χ0) is 14.5. The van der Waals surface area contributed by atoms with Gasteiger partial charge in [0.25, 0.3) is 0 Å². The molecule has 0 aliphatic heterocycles.